The molecule has 2 aliphatic heterocycles. The Morgan fingerprint density at radius 2 is 1.65 bits per heavy atom. The lowest BCUT2D eigenvalue weighted by molar-refractivity contribution is -0.144. The number of unbranched alkanes of at least 4 members (excludes halogenated alkanes) is 2. The van der Waals surface area contributed by atoms with E-state index in [0.29, 0.717) is 38.2 Å². The fourth-order valence-electron chi connectivity index (χ4n) is 8.28. The number of ether oxygens (including phenoxy) is 1. The molecule has 3 aromatic carbocycles. The second-order valence-corrected chi connectivity index (χ2v) is 18.5. The minimum absolute atomic E-state index is 0.187. The Labute approximate surface area is 386 Å². The first-order valence-electron chi connectivity index (χ1n) is 22.2. The number of anilines is 3. The van der Waals surface area contributed by atoms with Crippen LogP contribution < -0.4 is 25.9 Å². The average Bonchev–Trinajstić information content (AvgIpc) is 4.04. The maximum atomic E-state index is 14.1. The van der Waals surface area contributed by atoms with Crippen LogP contribution >= 0.6 is 12.0 Å². The van der Waals surface area contributed by atoms with Crippen LogP contribution in [0, 0.1) is 37.0 Å². The lowest BCUT2D eigenvalue weighted by Gasteiger charge is -2.35. The molecule has 1 aromatic heterocycles. The number of aryl methyl sites for hydroxylation is 3. The Hall–Kier alpha value is -5.97. The molecule has 3 heterocycles. The smallest absolute Gasteiger partial charge is 0.246 e. The molecule has 2 aliphatic rings. The van der Waals surface area contributed by atoms with Crippen LogP contribution in [-0.2, 0) is 23.4 Å². The number of amides is 3. The van der Waals surface area contributed by atoms with E-state index in [0.717, 1.165) is 93.2 Å². The van der Waals surface area contributed by atoms with E-state index in [9.17, 15) is 14.4 Å². The van der Waals surface area contributed by atoms with Crippen LogP contribution in [0.5, 0.6) is 0 Å². The zero-order chi connectivity index (χ0) is 46.8. The van der Waals surface area contributed by atoms with E-state index in [1.807, 2.05) is 97.0 Å². The zero-order valence-electron chi connectivity index (χ0n) is 38.7. The van der Waals surface area contributed by atoms with Crippen LogP contribution in [0.1, 0.15) is 101 Å². The standard InChI is InChI=1S/C49H63N9O6S/c1-31-14-15-38(44-33(3)54-63-35(44)5)27-42(31)57(40-22-20-39(21-23-40)56(29-50)30-51)24-10-9-11-26-62-28-43(59)53-46(49(6,7)8)48(61)58-25-12-13-41(58)47(60)52-32(2)36-16-18-37(19-17-36)45-34(4)55-64-65-45/h14-23,27,29-30,32,41,46,50-51,55H,9-13,24-26,28H2,1-8H3,(H,52,60)(H,53,59)/t32-,41-,46+/m0/s1. The highest BCUT2D eigenvalue weighted by Crippen LogP contribution is 2.37. The van der Waals surface area contributed by atoms with Crippen molar-refractivity contribution >= 4 is 64.4 Å². The van der Waals surface area contributed by atoms with Gasteiger partial charge in [0.05, 0.1) is 47.1 Å². The highest BCUT2D eigenvalue weighted by molar-refractivity contribution is 8.04. The highest BCUT2D eigenvalue weighted by atomic mass is 32.2. The number of allylic oxidation sites excluding steroid dienone is 1. The van der Waals surface area contributed by atoms with Crippen LogP contribution in [-0.4, -0.2) is 78.8 Å². The molecule has 16 heteroatoms. The lowest BCUT2D eigenvalue weighted by Crippen LogP contribution is -2.58. The minimum atomic E-state index is -0.848. The number of carbonyl (C=O) groups excluding carboxylic acids is 3. The third kappa shape index (κ3) is 11.8. The van der Waals surface area contributed by atoms with Crippen LogP contribution in [0.4, 0.5) is 17.1 Å². The summed E-state index contributed by atoms with van der Waals surface area (Å²) in [6.45, 7) is 16.9. The van der Waals surface area contributed by atoms with Gasteiger partial charge in [-0.1, -0.05) is 62.3 Å². The number of hydrogen-bond acceptors (Lipinski definition) is 12. The summed E-state index contributed by atoms with van der Waals surface area (Å²) in [4.78, 5) is 47.4. The van der Waals surface area contributed by atoms with E-state index in [1.165, 1.54) is 16.9 Å². The number of carbonyl (C=O) groups is 3. The van der Waals surface area contributed by atoms with Gasteiger partial charge in [0.2, 0.25) is 17.7 Å². The van der Waals surface area contributed by atoms with Gasteiger partial charge in [-0.05, 0) is 125 Å². The fourth-order valence-corrected chi connectivity index (χ4v) is 8.93. The van der Waals surface area contributed by atoms with E-state index in [-0.39, 0.29) is 30.4 Å². The van der Waals surface area contributed by atoms with Gasteiger partial charge in [0.25, 0.3) is 0 Å². The number of rotatable bonds is 20. The molecule has 346 valence electrons. The van der Waals surface area contributed by atoms with Crippen molar-refractivity contribution in [3.05, 3.63) is 101 Å². The van der Waals surface area contributed by atoms with Crippen molar-refractivity contribution < 1.29 is 27.9 Å². The molecule has 1 saturated heterocycles. The fraction of sp³-hybridized carbons (Fsp3) is 0.429. The van der Waals surface area contributed by atoms with Crippen molar-refractivity contribution in [2.24, 2.45) is 5.41 Å². The number of nitrogens with zero attached hydrogens (tertiary/aromatic N) is 4. The zero-order valence-corrected chi connectivity index (χ0v) is 39.6. The SMILES string of the molecule is CC1=C(c2ccc([C@H](C)NC(=O)[C@@H]3CCCN3C(=O)[C@@H](NC(=O)COCCCCCN(c3ccc(N(C=N)C=N)cc3)c3cc(-c4c(C)noc4C)ccc3C)C(C)(C)C)cc2)SON1. The van der Waals surface area contributed by atoms with Gasteiger partial charge in [0, 0.05) is 42.3 Å². The van der Waals surface area contributed by atoms with Crippen LogP contribution in [0.15, 0.2) is 77.0 Å². The monoisotopic (exact) mass is 905 g/mol. The third-order valence-corrected chi connectivity index (χ3v) is 12.8. The van der Waals surface area contributed by atoms with E-state index >= 15 is 0 Å². The van der Waals surface area contributed by atoms with Crippen molar-refractivity contribution in [1.82, 2.24) is 26.2 Å². The van der Waals surface area contributed by atoms with Crippen LogP contribution in [0.3, 0.4) is 0 Å². The maximum Gasteiger partial charge on any atom is 0.246 e. The van der Waals surface area contributed by atoms with E-state index in [1.54, 1.807) is 4.90 Å². The van der Waals surface area contributed by atoms with Crippen molar-refractivity contribution in [3.8, 4) is 11.1 Å². The second-order valence-electron chi connectivity index (χ2n) is 17.8. The largest absolute Gasteiger partial charge is 0.372 e. The van der Waals surface area contributed by atoms with Gasteiger partial charge >= 0.3 is 0 Å². The highest BCUT2D eigenvalue weighted by Gasteiger charge is 2.42. The Kier molecular flexibility index (Phi) is 16.3. The van der Waals surface area contributed by atoms with Gasteiger partial charge in [-0.25, -0.2) is 0 Å². The molecule has 0 saturated carbocycles. The van der Waals surface area contributed by atoms with Crippen molar-refractivity contribution in [1.29, 1.82) is 10.8 Å². The predicted octanol–water partition coefficient (Wildman–Crippen LogP) is 8.88. The molecule has 4 aromatic rings. The van der Waals surface area contributed by atoms with Crippen LogP contribution in [0.2, 0.25) is 0 Å². The lowest BCUT2D eigenvalue weighted by atomic mass is 9.85. The number of aromatic nitrogens is 1. The van der Waals surface area contributed by atoms with E-state index < -0.39 is 17.5 Å². The van der Waals surface area contributed by atoms with Crippen molar-refractivity contribution in [3.63, 3.8) is 0 Å². The Balaban J connectivity index is 1.01. The molecule has 5 N–H and O–H groups in total. The molecule has 3 atom stereocenters. The van der Waals surface area contributed by atoms with Crippen LogP contribution in [0.25, 0.3) is 16.0 Å². The van der Waals surface area contributed by atoms with Gasteiger partial charge in [-0.2, -0.15) is 4.28 Å². The summed E-state index contributed by atoms with van der Waals surface area (Å²) in [6.07, 6.45) is 5.84. The molecule has 0 radical (unpaired) electrons. The first-order valence-corrected chi connectivity index (χ1v) is 22.9. The number of likely N-dealkylation sites (tertiary alicyclic amines) is 1. The predicted molar refractivity (Wildman–Crippen MR) is 258 cm³/mol. The van der Waals surface area contributed by atoms with Crippen molar-refractivity contribution in [2.45, 2.75) is 106 Å². The number of hydrogen-bond donors (Lipinski definition) is 5. The van der Waals surface area contributed by atoms with Gasteiger partial charge in [0.1, 0.15) is 24.5 Å². The summed E-state index contributed by atoms with van der Waals surface area (Å²) >= 11 is 1.28. The summed E-state index contributed by atoms with van der Waals surface area (Å²) in [6, 6.07) is 20.4. The Morgan fingerprint density at radius 1 is 0.954 bits per heavy atom. The summed E-state index contributed by atoms with van der Waals surface area (Å²) in [5.41, 5.74) is 11.8. The molecule has 3 amide bonds. The Morgan fingerprint density at radius 3 is 2.28 bits per heavy atom. The second kappa shape index (κ2) is 21.8. The molecule has 6 rings (SSSR count). The number of benzene rings is 3. The topological polar surface area (TPSA) is 189 Å². The van der Waals surface area contributed by atoms with Gasteiger partial charge in [0.15, 0.2) is 0 Å². The molecule has 0 spiro atoms. The number of nitrogens with one attached hydrogen (secondary N) is 5. The summed E-state index contributed by atoms with van der Waals surface area (Å²) in [5, 5.41) is 25.5. The maximum absolute atomic E-state index is 14.1. The first kappa shape index (κ1) is 48.5. The first-order chi connectivity index (χ1) is 31.1. The average molecular weight is 906 g/mol. The molecule has 0 aliphatic carbocycles. The molecule has 0 bridgehead atoms. The van der Waals surface area contributed by atoms with Gasteiger partial charge < -0.3 is 29.7 Å². The van der Waals surface area contributed by atoms with Gasteiger partial charge in [-0.3, -0.25) is 35.6 Å². The Bertz CT molecular complexity index is 2330. The normalized spacial score (nSPS) is 15.9. The number of hydroxylamine groups is 1. The molecular weight excluding hydrogens is 843 g/mol. The molecular formula is C49H63N9O6S. The van der Waals surface area contributed by atoms with Crippen molar-refractivity contribution in [2.75, 3.05) is 36.1 Å². The van der Waals surface area contributed by atoms with Gasteiger partial charge in [-0.15, -0.1) is 0 Å². The summed E-state index contributed by atoms with van der Waals surface area (Å²) < 4.78 is 16.6. The van der Waals surface area contributed by atoms with E-state index in [4.69, 9.17) is 24.4 Å². The molecule has 1 fully saturated rings. The molecule has 65 heavy (non-hydrogen) atoms. The molecule has 0 unspecified atom stereocenters. The summed E-state index contributed by atoms with van der Waals surface area (Å²) in [5.74, 6) is -0.116. The molecule has 15 nitrogen and oxygen atoms in total. The quantitative estimate of drug-likeness (QED) is 0.0247. The summed E-state index contributed by atoms with van der Waals surface area (Å²) in [7, 11) is 0. The minimum Gasteiger partial charge on any atom is -0.372 e. The third-order valence-electron chi connectivity index (χ3n) is 11.9. The van der Waals surface area contributed by atoms with E-state index in [2.05, 4.69) is 51.3 Å².